The van der Waals surface area contributed by atoms with Crippen molar-refractivity contribution in [2.24, 2.45) is 0 Å². The summed E-state index contributed by atoms with van der Waals surface area (Å²) >= 11 is 0. The summed E-state index contributed by atoms with van der Waals surface area (Å²) in [5.74, 6) is 0. The van der Waals surface area contributed by atoms with Crippen LogP contribution in [-0.4, -0.2) is 59.1 Å². The topological polar surface area (TPSA) is 358 Å². The minimum atomic E-state index is 0. The molecular weight excluding hydrogens is 611 g/mol. The van der Waals surface area contributed by atoms with Gasteiger partial charge in [0, 0.05) is 0 Å². The van der Waals surface area contributed by atoms with E-state index in [1.807, 2.05) is 0 Å². The molecule has 0 atom stereocenters. The maximum Gasteiger partial charge on any atom is 2.00 e. The van der Waals surface area contributed by atoms with Gasteiger partial charge in [0.1, 0.15) is 50.6 Å². The van der Waals surface area contributed by atoms with Gasteiger partial charge in [-0.1, -0.05) is 0 Å². The Morgan fingerprint density at radius 1 is 0.395 bits per heavy atom. The van der Waals surface area contributed by atoms with Crippen LogP contribution in [-0.2, 0) is 65.1 Å². The summed E-state index contributed by atoms with van der Waals surface area (Å²) in [6.07, 6.45) is 12.8. The molecular formula is C12H16N24Zn2. The second-order valence-electron chi connectivity index (χ2n) is 4.99. The van der Waals surface area contributed by atoms with E-state index in [4.69, 9.17) is 44.2 Å². The van der Waals surface area contributed by atoms with Crippen molar-refractivity contribution in [1.29, 1.82) is 0 Å². The van der Waals surface area contributed by atoms with Gasteiger partial charge in [0.05, 0.1) is 26.2 Å². The Labute approximate surface area is 238 Å². The van der Waals surface area contributed by atoms with Gasteiger partial charge in [-0.3, -0.25) is 38.4 Å². The van der Waals surface area contributed by atoms with E-state index in [1.54, 1.807) is 44.0 Å². The SMILES string of the molecule is [N-]=[N+]=[N-].[N-]=[N+]=[N-].[N-]=[N+]=[N-].[N-]=[N+]=[N-].[Zn+2].[Zn+2].c1ncn(CCn2cncn2)n1.c1ncn(CCn2cncn2)n1. The van der Waals surface area contributed by atoms with Crippen molar-refractivity contribution in [3.63, 3.8) is 0 Å². The third kappa shape index (κ3) is 25.7. The molecule has 0 aromatic carbocycles. The molecule has 4 aromatic rings. The number of aryl methyl sites for hydroxylation is 4. The van der Waals surface area contributed by atoms with Gasteiger partial charge in [0.2, 0.25) is 0 Å². The predicted octanol–water partition coefficient (Wildman–Crippen LogP) is 2.60. The van der Waals surface area contributed by atoms with Crippen LogP contribution in [0, 0.1) is 0 Å². The Balaban J connectivity index is -0.000000209. The molecule has 0 bridgehead atoms. The van der Waals surface area contributed by atoms with E-state index in [0.29, 0.717) is 0 Å². The molecule has 0 N–H and O–H groups in total. The van der Waals surface area contributed by atoms with Gasteiger partial charge < -0.3 is 44.2 Å². The Kier molecular flexibility index (Phi) is 33.9. The summed E-state index contributed by atoms with van der Waals surface area (Å²) < 4.78 is 7.01. The maximum absolute atomic E-state index is 6.75. The van der Waals surface area contributed by atoms with Crippen molar-refractivity contribution in [3.05, 3.63) is 115 Å². The summed E-state index contributed by atoms with van der Waals surface area (Å²) in [4.78, 5) is 21.3. The third-order valence-corrected chi connectivity index (χ3v) is 2.98. The first kappa shape index (κ1) is 40.2. The van der Waals surface area contributed by atoms with Crippen LogP contribution in [0.2, 0.25) is 0 Å². The molecule has 0 aliphatic heterocycles. The second kappa shape index (κ2) is 32.0. The first-order valence-electron chi connectivity index (χ1n) is 8.80. The van der Waals surface area contributed by atoms with Gasteiger partial charge in [-0.05, 0) is 0 Å². The summed E-state index contributed by atoms with van der Waals surface area (Å²) in [7, 11) is 0. The van der Waals surface area contributed by atoms with Gasteiger partial charge in [-0.15, -0.1) is 0 Å². The van der Waals surface area contributed by atoms with E-state index >= 15 is 0 Å². The van der Waals surface area contributed by atoms with Crippen LogP contribution in [0.3, 0.4) is 0 Å². The van der Waals surface area contributed by atoms with E-state index in [9.17, 15) is 0 Å². The van der Waals surface area contributed by atoms with Crippen LogP contribution in [0.15, 0.2) is 50.6 Å². The molecule has 0 amide bonds. The summed E-state index contributed by atoms with van der Waals surface area (Å²) in [6.45, 7) is 3.07. The van der Waals surface area contributed by atoms with Gasteiger partial charge in [-0.2, -0.15) is 20.4 Å². The smallest absolute Gasteiger partial charge is 0.373 e. The monoisotopic (exact) mass is 624 g/mol. The van der Waals surface area contributed by atoms with E-state index < -0.39 is 0 Å². The molecule has 0 saturated heterocycles. The van der Waals surface area contributed by atoms with Gasteiger partial charge in [0.25, 0.3) is 0 Å². The van der Waals surface area contributed by atoms with Crippen LogP contribution >= 0.6 is 0 Å². The van der Waals surface area contributed by atoms with Crippen molar-refractivity contribution in [2.45, 2.75) is 26.2 Å². The fraction of sp³-hybridized carbons (Fsp3) is 0.333. The number of hydrogen-bond donors (Lipinski definition) is 0. The zero-order chi connectivity index (χ0) is 27.3. The average Bonchev–Trinajstić information content (AvgIpc) is 3.67. The molecule has 38 heavy (non-hydrogen) atoms. The minimum Gasteiger partial charge on any atom is -0.373 e. The number of hydrogen-bond acceptors (Lipinski definition) is 8. The fourth-order valence-electron chi connectivity index (χ4n) is 1.80. The molecule has 0 aliphatic carbocycles. The average molecular weight is 627 g/mol. The van der Waals surface area contributed by atoms with Gasteiger partial charge in [-0.25, -0.2) is 19.9 Å². The van der Waals surface area contributed by atoms with Crippen molar-refractivity contribution in [1.82, 2.24) is 59.1 Å². The van der Waals surface area contributed by atoms with Crippen LogP contribution < -0.4 is 0 Å². The largest absolute Gasteiger partial charge is 2.00 e. The van der Waals surface area contributed by atoms with Crippen molar-refractivity contribution < 1.29 is 39.0 Å². The molecule has 0 saturated carbocycles. The Hall–Kier alpha value is -4.95. The van der Waals surface area contributed by atoms with Crippen LogP contribution in [0.4, 0.5) is 0 Å². The summed E-state index contributed by atoms with van der Waals surface area (Å²) in [6, 6.07) is 0. The third-order valence-electron chi connectivity index (χ3n) is 2.98. The second-order valence-corrected chi connectivity index (χ2v) is 4.99. The number of rotatable bonds is 6. The molecule has 0 aliphatic rings. The maximum atomic E-state index is 6.75. The first-order valence-corrected chi connectivity index (χ1v) is 8.80. The van der Waals surface area contributed by atoms with E-state index in [-0.39, 0.29) is 39.0 Å². The molecule has 4 aromatic heterocycles. The van der Waals surface area contributed by atoms with Crippen LogP contribution in [0.5, 0.6) is 0 Å². The molecule has 26 heteroatoms. The van der Waals surface area contributed by atoms with Crippen molar-refractivity contribution in [2.75, 3.05) is 0 Å². The van der Waals surface area contributed by atoms with Crippen LogP contribution in [0.25, 0.3) is 63.9 Å². The molecule has 0 unspecified atom stereocenters. The Bertz CT molecular complexity index is 925. The van der Waals surface area contributed by atoms with Crippen molar-refractivity contribution >= 4 is 0 Å². The summed E-state index contributed by atoms with van der Waals surface area (Å²) in [5.41, 5.74) is 54.0. The molecule has 0 fully saturated rings. The van der Waals surface area contributed by atoms with Crippen LogP contribution in [0.1, 0.15) is 0 Å². The van der Waals surface area contributed by atoms with E-state index in [2.05, 4.69) is 40.3 Å². The molecule has 24 nitrogen and oxygen atoms in total. The Morgan fingerprint density at radius 3 is 0.658 bits per heavy atom. The van der Waals surface area contributed by atoms with Crippen molar-refractivity contribution in [3.8, 4) is 0 Å². The molecule has 0 spiro atoms. The predicted molar refractivity (Wildman–Crippen MR) is 120 cm³/mol. The minimum absolute atomic E-state index is 0. The Morgan fingerprint density at radius 2 is 0.553 bits per heavy atom. The van der Waals surface area contributed by atoms with Gasteiger partial charge in [0.15, 0.2) is 0 Å². The number of nitrogens with zero attached hydrogens (tertiary/aromatic N) is 24. The zero-order valence-corrected chi connectivity index (χ0v) is 25.5. The quantitative estimate of drug-likeness (QED) is 0.132. The molecule has 188 valence electrons. The van der Waals surface area contributed by atoms with E-state index in [1.165, 1.54) is 45.0 Å². The molecule has 4 rings (SSSR count). The fourth-order valence-corrected chi connectivity index (χ4v) is 1.80. The zero-order valence-electron chi connectivity index (χ0n) is 19.6. The molecule has 0 radical (unpaired) electrons. The standard InChI is InChI=1S/2C6H8N6.4N3.2Zn/c2*1(11-5-7-3-9-11)2-12-6-8-4-10-12;4*1-3-2;;/h2*3-6H,1-2H2;;;;;;/q;;4*-1;2*+2. The first-order chi connectivity index (χ1) is 17.6. The number of aromatic nitrogens is 12. The van der Waals surface area contributed by atoms with E-state index in [0.717, 1.165) is 26.2 Å². The van der Waals surface area contributed by atoms with Gasteiger partial charge >= 0.3 is 39.0 Å². The summed E-state index contributed by atoms with van der Waals surface area (Å²) in [5, 5.41) is 15.8. The molecule has 4 heterocycles. The normalized spacial score (nSPS) is 7.37.